The molecule has 0 fully saturated rings. The maximum absolute atomic E-state index is 4.51. The van der Waals surface area contributed by atoms with Gasteiger partial charge in [0.05, 0.1) is 0 Å². The zero-order chi connectivity index (χ0) is 7.65. The molecule has 0 aliphatic rings. The van der Waals surface area contributed by atoms with Crippen molar-refractivity contribution in [1.82, 2.24) is 0 Å². The summed E-state index contributed by atoms with van der Waals surface area (Å²) in [5.74, 6) is 0. The van der Waals surface area contributed by atoms with E-state index in [1.807, 2.05) is 0 Å². The van der Waals surface area contributed by atoms with Gasteiger partial charge < -0.3 is 0 Å². The first kappa shape index (κ1) is 10.4. The molecule has 0 saturated heterocycles. The minimum Gasteiger partial charge on any atom is -0.175 e. The highest BCUT2D eigenvalue weighted by atomic mass is 33.1. The normalized spacial score (nSPS) is 28.2. The van der Waals surface area contributed by atoms with Gasteiger partial charge in [0, 0.05) is 9.16 Å². The summed E-state index contributed by atoms with van der Waals surface area (Å²) < 4.78 is 0.710. The molecule has 0 heterocycles. The van der Waals surface area contributed by atoms with Gasteiger partial charge in [-0.05, 0) is 20.1 Å². The molecule has 0 aliphatic carbocycles. The van der Waals surface area contributed by atoms with Crippen LogP contribution in [-0.2, 0) is 0 Å². The van der Waals surface area contributed by atoms with Gasteiger partial charge in [0.2, 0.25) is 0 Å². The van der Waals surface area contributed by atoms with E-state index in [2.05, 4.69) is 57.0 Å². The van der Waals surface area contributed by atoms with Gasteiger partial charge in [0.25, 0.3) is 0 Å². The van der Waals surface area contributed by atoms with Crippen molar-refractivity contribution >= 4 is 46.0 Å². The lowest BCUT2D eigenvalue weighted by Crippen LogP contribution is -2.09. The lowest BCUT2D eigenvalue weighted by atomic mass is 10.9. The third-order valence-electron chi connectivity index (χ3n) is 1.38. The fourth-order valence-corrected chi connectivity index (χ4v) is 2.24. The molecule has 0 nitrogen and oxygen atoms in total. The van der Waals surface area contributed by atoms with Crippen LogP contribution in [0.4, 0.5) is 0 Å². The summed E-state index contributed by atoms with van der Waals surface area (Å²) in [4.78, 5) is 0. The Morgan fingerprint density at radius 2 is 1.33 bits per heavy atom. The molecule has 0 saturated carbocycles. The highest BCUT2D eigenvalue weighted by Crippen LogP contribution is 2.59. The average Bonchev–Trinajstić information content (AvgIpc) is 1.65. The standard InChI is InChI=1S/C5H14S4/c1-4(6)9(3,8)5(2)7/h4-8H,1-3H3. The highest BCUT2D eigenvalue weighted by molar-refractivity contribution is 8.90. The molecule has 0 aromatic heterocycles. The first-order chi connectivity index (χ1) is 3.89. The van der Waals surface area contributed by atoms with Gasteiger partial charge in [0.1, 0.15) is 0 Å². The molecule has 0 aromatic carbocycles. The number of hydrogen-bond acceptors (Lipinski definition) is 3. The molecule has 0 spiro atoms. The van der Waals surface area contributed by atoms with Gasteiger partial charge in [-0.25, -0.2) is 0 Å². The molecule has 2 atom stereocenters. The lowest BCUT2D eigenvalue weighted by molar-refractivity contribution is 1.34. The fourth-order valence-electron chi connectivity index (χ4n) is 0.285. The Morgan fingerprint density at radius 3 is 1.33 bits per heavy atom. The third kappa shape index (κ3) is 2.87. The first-order valence-electron chi connectivity index (χ1n) is 2.73. The van der Waals surface area contributed by atoms with E-state index >= 15 is 0 Å². The minimum absolute atomic E-state index is 0.355. The smallest absolute Gasteiger partial charge is 0.0376 e. The van der Waals surface area contributed by atoms with Crippen LogP contribution in [0.15, 0.2) is 0 Å². The molecule has 4 heteroatoms. The lowest BCUT2D eigenvalue weighted by Gasteiger charge is -2.36. The summed E-state index contributed by atoms with van der Waals surface area (Å²) in [6.07, 6.45) is 2.13. The van der Waals surface area contributed by atoms with E-state index in [0.717, 1.165) is 0 Å². The molecule has 9 heavy (non-hydrogen) atoms. The summed E-state index contributed by atoms with van der Waals surface area (Å²) in [7, 11) is -0.892. The quantitative estimate of drug-likeness (QED) is 0.445. The molecule has 0 bridgehead atoms. The second-order valence-corrected chi connectivity index (χ2v) is 10.2. The van der Waals surface area contributed by atoms with E-state index in [9.17, 15) is 0 Å². The van der Waals surface area contributed by atoms with Crippen LogP contribution in [0.3, 0.4) is 0 Å². The molecule has 0 N–H and O–H groups in total. The van der Waals surface area contributed by atoms with Crippen LogP contribution >= 0.6 is 46.0 Å². The Labute approximate surface area is 75.1 Å². The predicted octanol–water partition coefficient (Wildman–Crippen LogP) is 2.82. The third-order valence-corrected chi connectivity index (χ3v) is 9.67. The Morgan fingerprint density at radius 1 is 1.11 bits per heavy atom. The van der Waals surface area contributed by atoms with Gasteiger partial charge >= 0.3 is 0 Å². The van der Waals surface area contributed by atoms with Gasteiger partial charge in [0.15, 0.2) is 0 Å². The SMILES string of the molecule is CC(S)S(C)(S)C(C)S. The van der Waals surface area contributed by atoms with Crippen LogP contribution in [0.1, 0.15) is 13.8 Å². The van der Waals surface area contributed by atoms with E-state index in [1.54, 1.807) is 0 Å². The zero-order valence-corrected chi connectivity index (χ0v) is 9.40. The van der Waals surface area contributed by atoms with Crippen LogP contribution in [-0.4, -0.2) is 15.4 Å². The van der Waals surface area contributed by atoms with Crippen molar-refractivity contribution in [3.8, 4) is 0 Å². The van der Waals surface area contributed by atoms with Gasteiger partial charge in [-0.1, -0.05) is 0 Å². The summed E-state index contributed by atoms with van der Waals surface area (Å²) in [5.41, 5.74) is 0. The average molecular weight is 202 g/mol. The van der Waals surface area contributed by atoms with Gasteiger partial charge in [-0.2, -0.15) is 34.3 Å². The van der Waals surface area contributed by atoms with E-state index < -0.39 is 9.06 Å². The zero-order valence-electron chi connectivity index (χ0n) is 5.90. The fraction of sp³-hybridized carbons (Fsp3) is 1.00. The molecule has 0 aliphatic heterocycles. The Bertz CT molecular complexity index is 77.0. The van der Waals surface area contributed by atoms with Crippen LogP contribution in [0, 0.1) is 0 Å². The number of thiol groups is 3. The summed E-state index contributed by atoms with van der Waals surface area (Å²) in [6, 6.07) is 0. The van der Waals surface area contributed by atoms with E-state index in [1.165, 1.54) is 0 Å². The maximum Gasteiger partial charge on any atom is 0.0376 e. The predicted molar refractivity (Wildman–Crippen MR) is 59.4 cm³/mol. The summed E-state index contributed by atoms with van der Waals surface area (Å²) in [5, 5.41) is 0. The highest BCUT2D eigenvalue weighted by Gasteiger charge is 2.22. The first-order valence-corrected chi connectivity index (χ1v) is 6.99. The Hall–Kier alpha value is 1.40. The molecule has 58 valence electrons. The van der Waals surface area contributed by atoms with E-state index in [4.69, 9.17) is 0 Å². The van der Waals surface area contributed by atoms with Crippen molar-refractivity contribution in [1.29, 1.82) is 0 Å². The Balaban J connectivity index is 4.01. The topological polar surface area (TPSA) is 0 Å². The summed E-state index contributed by atoms with van der Waals surface area (Å²) >= 11 is 13.2. The molecular weight excluding hydrogens is 188 g/mol. The maximum atomic E-state index is 4.51. The second kappa shape index (κ2) is 3.69. The Kier molecular flexibility index (Phi) is 4.27. The van der Waals surface area contributed by atoms with E-state index in [0.29, 0.717) is 9.16 Å². The van der Waals surface area contributed by atoms with Crippen molar-refractivity contribution in [2.75, 3.05) is 6.26 Å². The molecule has 2 unspecified atom stereocenters. The number of rotatable bonds is 2. The van der Waals surface area contributed by atoms with Crippen LogP contribution < -0.4 is 0 Å². The van der Waals surface area contributed by atoms with Gasteiger partial charge in [-0.15, -0.1) is 11.7 Å². The van der Waals surface area contributed by atoms with Crippen LogP contribution in [0.25, 0.3) is 0 Å². The van der Waals surface area contributed by atoms with Crippen molar-refractivity contribution in [2.45, 2.75) is 23.0 Å². The molecule has 0 aromatic rings. The van der Waals surface area contributed by atoms with E-state index in [-0.39, 0.29) is 0 Å². The van der Waals surface area contributed by atoms with Crippen molar-refractivity contribution in [3.05, 3.63) is 0 Å². The monoisotopic (exact) mass is 202 g/mol. The van der Waals surface area contributed by atoms with Gasteiger partial charge in [-0.3, -0.25) is 0 Å². The summed E-state index contributed by atoms with van der Waals surface area (Å²) in [6.45, 7) is 4.14. The van der Waals surface area contributed by atoms with Crippen LogP contribution in [0.2, 0.25) is 0 Å². The minimum atomic E-state index is -0.892. The van der Waals surface area contributed by atoms with Crippen LogP contribution in [0.5, 0.6) is 0 Å². The molecule has 0 radical (unpaired) electrons. The van der Waals surface area contributed by atoms with Crippen molar-refractivity contribution in [3.63, 3.8) is 0 Å². The molecular formula is C5H14S4. The van der Waals surface area contributed by atoms with Crippen molar-refractivity contribution < 1.29 is 0 Å². The van der Waals surface area contributed by atoms with Crippen molar-refractivity contribution in [2.24, 2.45) is 0 Å². The number of hydrogen-bond donors (Lipinski definition) is 3. The largest absolute Gasteiger partial charge is 0.175 e. The molecule has 0 rings (SSSR count). The molecule has 0 amide bonds. The second-order valence-electron chi connectivity index (χ2n) is 2.20.